The van der Waals surface area contributed by atoms with E-state index in [1.807, 2.05) is 7.05 Å². The molecule has 6 nitrogen and oxygen atoms in total. The molecule has 0 saturated carbocycles. The zero-order valence-electron chi connectivity index (χ0n) is 16.8. The number of nitrogens with one attached hydrogen (secondary N) is 2. The Morgan fingerprint density at radius 1 is 1.39 bits per heavy atom. The van der Waals surface area contributed by atoms with Crippen LogP contribution in [0.25, 0.3) is 0 Å². The smallest absolute Gasteiger partial charge is 0.231 e. The molecule has 2 rings (SSSR count). The summed E-state index contributed by atoms with van der Waals surface area (Å²) in [7, 11) is 1.81. The van der Waals surface area contributed by atoms with E-state index in [4.69, 9.17) is 5.73 Å². The first-order valence-electron chi connectivity index (χ1n) is 9.72. The second kappa shape index (κ2) is 13.4. The molecular weight excluding hydrogens is 533 g/mol. The predicted molar refractivity (Wildman–Crippen MR) is 130 cm³/mol. The maximum Gasteiger partial charge on any atom is 0.231 e. The fraction of sp³-hybridized carbons (Fsp3) is 0.600. The third-order valence-corrected chi connectivity index (χ3v) is 5.57. The van der Waals surface area contributed by atoms with Gasteiger partial charge in [-0.05, 0) is 42.9 Å². The van der Waals surface area contributed by atoms with Crippen molar-refractivity contribution in [1.82, 2.24) is 15.5 Å². The number of amides is 1. The summed E-state index contributed by atoms with van der Waals surface area (Å²) in [6.45, 7) is 5.25. The quantitative estimate of drug-likeness (QED) is 0.257. The first-order valence-corrected chi connectivity index (χ1v) is 10.5. The van der Waals surface area contributed by atoms with Crippen molar-refractivity contribution in [3.05, 3.63) is 34.3 Å². The molecule has 0 bridgehead atoms. The molecule has 1 aromatic carbocycles. The molecule has 1 aliphatic heterocycles. The maximum atomic E-state index is 11.0. The topological polar surface area (TPSA) is 82.8 Å². The molecule has 1 heterocycles. The standard InChI is InChI=1S/C20H32BrN5O.HI/c1-3-15(11-16-5-4-6-17(21)12-16)13-24-20(23-2)25-18-7-9-26(10-8-18)14-19(22)27;/h4-6,12,15,18H,3,7-11,13-14H2,1-2H3,(H2,22,27)(H2,23,24,25);1H. The molecule has 0 radical (unpaired) electrons. The molecule has 28 heavy (non-hydrogen) atoms. The zero-order chi connectivity index (χ0) is 19.6. The number of hydrogen-bond acceptors (Lipinski definition) is 3. The van der Waals surface area contributed by atoms with Crippen molar-refractivity contribution in [3.63, 3.8) is 0 Å². The van der Waals surface area contributed by atoms with Gasteiger partial charge in [0.1, 0.15) is 0 Å². The Morgan fingerprint density at radius 3 is 2.68 bits per heavy atom. The van der Waals surface area contributed by atoms with E-state index in [1.165, 1.54) is 5.56 Å². The highest BCUT2D eigenvalue weighted by atomic mass is 127. The Hall–Kier alpha value is -0.870. The summed E-state index contributed by atoms with van der Waals surface area (Å²) in [5, 5.41) is 7.01. The fourth-order valence-corrected chi connectivity index (χ4v) is 3.89. The lowest BCUT2D eigenvalue weighted by molar-refractivity contribution is -0.119. The van der Waals surface area contributed by atoms with Crippen molar-refractivity contribution < 1.29 is 4.79 Å². The number of primary amides is 1. The van der Waals surface area contributed by atoms with Crippen LogP contribution in [0.15, 0.2) is 33.7 Å². The van der Waals surface area contributed by atoms with Gasteiger partial charge >= 0.3 is 0 Å². The van der Waals surface area contributed by atoms with Crippen molar-refractivity contribution in [1.29, 1.82) is 0 Å². The first-order chi connectivity index (χ1) is 13.0. The van der Waals surface area contributed by atoms with Crippen LogP contribution >= 0.6 is 39.9 Å². The van der Waals surface area contributed by atoms with E-state index >= 15 is 0 Å². The number of benzene rings is 1. The van der Waals surface area contributed by atoms with E-state index in [-0.39, 0.29) is 29.9 Å². The average Bonchev–Trinajstić information content (AvgIpc) is 2.65. The average molecular weight is 566 g/mol. The van der Waals surface area contributed by atoms with Crippen molar-refractivity contribution >= 4 is 51.8 Å². The van der Waals surface area contributed by atoms with Gasteiger partial charge in [-0.15, -0.1) is 24.0 Å². The van der Waals surface area contributed by atoms with E-state index in [0.29, 0.717) is 18.5 Å². The molecule has 0 spiro atoms. The number of nitrogens with two attached hydrogens (primary N) is 1. The van der Waals surface area contributed by atoms with E-state index in [9.17, 15) is 4.79 Å². The molecule has 1 fully saturated rings. The van der Waals surface area contributed by atoms with Crippen LogP contribution in [0.2, 0.25) is 0 Å². The molecule has 0 aliphatic carbocycles. The van der Waals surface area contributed by atoms with Crippen molar-refractivity contribution in [2.45, 2.75) is 38.6 Å². The van der Waals surface area contributed by atoms with Gasteiger partial charge in [0.2, 0.25) is 5.91 Å². The number of piperidine rings is 1. The Morgan fingerprint density at radius 2 is 2.11 bits per heavy atom. The van der Waals surface area contributed by atoms with Crippen LogP contribution in [-0.2, 0) is 11.2 Å². The summed E-state index contributed by atoms with van der Waals surface area (Å²) >= 11 is 3.55. The number of carbonyl (C=O) groups is 1. The van der Waals surface area contributed by atoms with Crippen LogP contribution in [0, 0.1) is 5.92 Å². The first kappa shape index (κ1) is 25.2. The highest BCUT2D eigenvalue weighted by Crippen LogP contribution is 2.16. The fourth-order valence-electron chi connectivity index (χ4n) is 3.44. The minimum absolute atomic E-state index is 0. The molecule has 1 atom stereocenters. The van der Waals surface area contributed by atoms with Crippen LogP contribution < -0.4 is 16.4 Å². The van der Waals surface area contributed by atoms with E-state index in [2.05, 4.69) is 67.6 Å². The molecular formula is C20H33BrIN5O. The van der Waals surface area contributed by atoms with Gasteiger partial charge in [-0.25, -0.2) is 0 Å². The Kier molecular flexibility index (Phi) is 12.0. The third-order valence-electron chi connectivity index (χ3n) is 5.08. The molecule has 1 aliphatic rings. The van der Waals surface area contributed by atoms with Crippen LogP contribution in [0.5, 0.6) is 0 Å². The minimum atomic E-state index is -0.255. The predicted octanol–water partition coefficient (Wildman–Crippen LogP) is 2.75. The number of nitrogens with zero attached hydrogens (tertiary/aromatic N) is 2. The Bertz CT molecular complexity index is 635. The number of halogens is 2. The summed E-state index contributed by atoms with van der Waals surface area (Å²) < 4.78 is 1.13. The third kappa shape index (κ3) is 9.09. The number of hydrogen-bond donors (Lipinski definition) is 3. The van der Waals surface area contributed by atoms with Crippen LogP contribution in [0.1, 0.15) is 31.7 Å². The maximum absolute atomic E-state index is 11.0. The van der Waals surface area contributed by atoms with Crippen LogP contribution in [-0.4, -0.2) is 56.0 Å². The largest absolute Gasteiger partial charge is 0.369 e. The van der Waals surface area contributed by atoms with Gasteiger partial charge in [-0.3, -0.25) is 14.7 Å². The molecule has 4 N–H and O–H groups in total. The highest BCUT2D eigenvalue weighted by molar-refractivity contribution is 14.0. The number of aliphatic imine (C=N–C) groups is 1. The second-order valence-electron chi connectivity index (χ2n) is 7.22. The number of guanidine groups is 1. The zero-order valence-corrected chi connectivity index (χ0v) is 20.7. The van der Waals surface area contributed by atoms with Gasteiger partial charge in [0.25, 0.3) is 0 Å². The van der Waals surface area contributed by atoms with Gasteiger partial charge in [-0.1, -0.05) is 41.4 Å². The minimum Gasteiger partial charge on any atom is -0.369 e. The van der Waals surface area contributed by atoms with Crippen LogP contribution in [0.3, 0.4) is 0 Å². The monoisotopic (exact) mass is 565 g/mol. The van der Waals surface area contributed by atoms with Gasteiger partial charge in [0, 0.05) is 37.2 Å². The summed E-state index contributed by atoms with van der Waals surface area (Å²) in [6, 6.07) is 8.90. The van der Waals surface area contributed by atoms with Crippen molar-refractivity contribution in [3.8, 4) is 0 Å². The normalized spacial score (nSPS) is 16.9. The van der Waals surface area contributed by atoms with E-state index in [0.717, 1.165) is 55.7 Å². The lowest BCUT2D eigenvalue weighted by Gasteiger charge is -2.32. The van der Waals surface area contributed by atoms with Gasteiger partial charge in [0.05, 0.1) is 6.54 Å². The molecule has 1 aromatic rings. The molecule has 0 aromatic heterocycles. The Labute approximate surface area is 194 Å². The molecule has 1 saturated heterocycles. The lowest BCUT2D eigenvalue weighted by atomic mass is 9.97. The molecule has 158 valence electrons. The number of rotatable bonds is 8. The molecule has 1 amide bonds. The summed E-state index contributed by atoms with van der Waals surface area (Å²) in [4.78, 5) is 17.5. The highest BCUT2D eigenvalue weighted by Gasteiger charge is 2.21. The SMILES string of the molecule is CCC(CNC(=NC)NC1CCN(CC(N)=O)CC1)Cc1cccc(Br)c1.I. The Balaban J connectivity index is 0.00000392. The summed E-state index contributed by atoms with van der Waals surface area (Å²) in [5.74, 6) is 1.15. The summed E-state index contributed by atoms with van der Waals surface area (Å²) in [6.07, 6.45) is 4.14. The van der Waals surface area contributed by atoms with Gasteiger partial charge < -0.3 is 16.4 Å². The van der Waals surface area contributed by atoms with E-state index < -0.39 is 0 Å². The summed E-state index contributed by atoms with van der Waals surface area (Å²) in [5.41, 5.74) is 6.63. The molecule has 1 unspecified atom stereocenters. The van der Waals surface area contributed by atoms with Crippen molar-refractivity contribution in [2.24, 2.45) is 16.6 Å². The number of carbonyl (C=O) groups excluding carboxylic acids is 1. The van der Waals surface area contributed by atoms with Crippen LogP contribution in [0.4, 0.5) is 0 Å². The number of likely N-dealkylation sites (tertiary alicyclic amines) is 1. The lowest BCUT2D eigenvalue weighted by Crippen LogP contribution is -2.50. The van der Waals surface area contributed by atoms with Gasteiger partial charge in [0.15, 0.2) is 5.96 Å². The van der Waals surface area contributed by atoms with Gasteiger partial charge in [-0.2, -0.15) is 0 Å². The van der Waals surface area contributed by atoms with Crippen molar-refractivity contribution in [2.75, 3.05) is 33.2 Å². The molecule has 8 heteroatoms. The second-order valence-corrected chi connectivity index (χ2v) is 8.14. The van der Waals surface area contributed by atoms with E-state index in [1.54, 1.807) is 0 Å².